The highest BCUT2D eigenvalue weighted by Gasteiger charge is 2.38. The van der Waals surface area contributed by atoms with Crippen LogP contribution in [0.25, 0.3) is 0 Å². The third-order valence-corrected chi connectivity index (χ3v) is 5.74. The zero-order valence-corrected chi connectivity index (χ0v) is 11.7. The lowest BCUT2D eigenvalue weighted by atomic mass is 10.1. The molecule has 0 heterocycles. The molecule has 0 N–H and O–H groups in total. The SMILES string of the molecule is CO[Si](Cc1cccc(C)c1C)(OC)OC. The molecule has 0 unspecified atom stereocenters. The van der Waals surface area contributed by atoms with Gasteiger partial charge in [-0.1, -0.05) is 18.2 Å². The Hall–Kier alpha value is -0.683. The zero-order valence-electron chi connectivity index (χ0n) is 10.7. The molecule has 0 aliphatic rings. The van der Waals surface area contributed by atoms with E-state index in [1.165, 1.54) is 16.7 Å². The van der Waals surface area contributed by atoms with Gasteiger partial charge in [-0.05, 0) is 30.5 Å². The second kappa shape index (κ2) is 5.59. The Morgan fingerprint density at radius 2 is 1.56 bits per heavy atom. The lowest BCUT2D eigenvalue weighted by Gasteiger charge is -2.25. The third-order valence-electron chi connectivity index (χ3n) is 3.06. The molecule has 3 nitrogen and oxygen atoms in total. The molecule has 0 amide bonds. The van der Waals surface area contributed by atoms with Crippen molar-refractivity contribution >= 4 is 8.80 Å². The van der Waals surface area contributed by atoms with Gasteiger partial charge in [0.2, 0.25) is 0 Å². The Bertz CT molecular complexity index is 340. The van der Waals surface area contributed by atoms with Crippen LogP contribution in [-0.4, -0.2) is 30.1 Å². The molecule has 0 fully saturated rings. The lowest BCUT2D eigenvalue weighted by Crippen LogP contribution is -2.45. The summed E-state index contributed by atoms with van der Waals surface area (Å²) >= 11 is 0. The third kappa shape index (κ3) is 2.71. The summed E-state index contributed by atoms with van der Waals surface area (Å²) in [6.07, 6.45) is 0. The highest BCUT2D eigenvalue weighted by Crippen LogP contribution is 2.19. The van der Waals surface area contributed by atoms with Crippen LogP contribution in [0.5, 0.6) is 0 Å². The highest BCUT2D eigenvalue weighted by atomic mass is 28.4. The van der Waals surface area contributed by atoms with Crippen LogP contribution in [0.15, 0.2) is 18.2 Å². The van der Waals surface area contributed by atoms with Gasteiger partial charge in [0.15, 0.2) is 0 Å². The molecule has 0 bridgehead atoms. The molecule has 0 aliphatic heterocycles. The van der Waals surface area contributed by atoms with Crippen LogP contribution in [0.4, 0.5) is 0 Å². The quantitative estimate of drug-likeness (QED) is 0.739. The second-order valence-electron chi connectivity index (χ2n) is 3.83. The molecular weight excluding hydrogens is 220 g/mol. The van der Waals surface area contributed by atoms with Crippen molar-refractivity contribution in [2.24, 2.45) is 0 Å². The summed E-state index contributed by atoms with van der Waals surface area (Å²) in [7, 11) is 2.42. The monoisotopic (exact) mass is 240 g/mol. The summed E-state index contributed by atoms with van der Waals surface area (Å²) in [5.74, 6) is 0. The van der Waals surface area contributed by atoms with Gasteiger partial charge in [0.25, 0.3) is 0 Å². The van der Waals surface area contributed by atoms with Crippen molar-refractivity contribution in [1.29, 1.82) is 0 Å². The molecule has 1 aromatic rings. The van der Waals surface area contributed by atoms with E-state index >= 15 is 0 Å². The maximum atomic E-state index is 5.43. The normalized spacial score (nSPS) is 11.8. The van der Waals surface area contributed by atoms with Gasteiger partial charge in [0, 0.05) is 27.4 Å². The summed E-state index contributed by atoms with van der Waals surface area (Å²) in [5.41, 5.74) is 3.80. The number of hydrogen-bond acceptors (Lipinski definition) is 3. The Balaban J connectivity index is 2.98. The molecule has 0 spiro atoms. The molecule has 0 saturated heterocycles. The minimum atomic E-state index is -2.51. The number of benzene rings is 1. The first-order valence-electron chi connectivity index (χ1n) is 5.29. The highest BCUT2D eigenvalue weighted by molar-refractivity contribution is 6.60. The Morgan fingerprint density at radius 1 is 1.00 bits per heavy atom. The maximum absolute atomic E-state index is 5.43. The number of aryl methyl sites for hydroxylation is 1. The molecular formula is C12H20O3Si. The average molecular weight is 240 g/mol. The summed E-state index contributed by atoms with van der Waals surface area (Å²) in [5, 5.41) is 0. The fraction of sp³-hybridized carbons (Fsp3) is 0.500. The van der Waals surface area contributed by atoms with Gasteiger partial charge in [0.05, 0.1) is 0 Å². The van der Waals surface area contributed by atoms with E-state index in [9.17, 15) is 0 Å². The van der Waals surface area contributed by atoms with Crippen molar-refractivity contribution in [3.63, 3.8) is 0 Å². The Kier molecular flexibility index (Phi) is 4.67. The van der Waals surface area contributed by atoms with Crippen LogP contribution in [0.1, 0.15) is 16.7 Å². The number of rotatable bonds is 5. The van der Waals surface area contributed by atoms with Crippen LogP contribution in [0.2, 0.25) is 0 Å². The van der Waals surface area contributed by atoms with Crippen LogP contribution >= 0.6 is 0 Å². The summed E-state index contributed by atoms with van der Waals surface area (Å²) < 4.78 is 16.3. The Morgan fingerprint density at radius 3 is 2.06 bits per heavy atom. The molecule has 0 aromatic heterocycles. The van der Waals surface area contributed by atoms with E-state index in [4.69, 9.17) is 13.3 Å². The molecule has 16 heavy (non-hydrogen) atoms. The van der Waals surface area contributed by atoms with Gasteiger partial charge < -0.3 is 13.3 Å². The van der Waals surface area contributed by atoms with Gasteiger partial charge in [-0.2, -0.15) is 0 Å². The van der Waals surface area contributed by atoms with E-state index in [1.54, 1.807) is 21.3 Å². The predicted molar refractivity (Wildman–Crippen MR) is 66.4 cm³/mol. The first-order chi connectivity index (χ1) is 7.58. The van der Waals surface area contributed by atoms with E-state index in [1.807, 2.05) is 0 Å². The van der Waals surface area contributed by atoms with E-state index in [2.05, 4.69) is 32.0 Å². The molecule has 0 aliphatic carbocycles. The van der Waals surface area contributed by atoms with Crippen LogP contribution < -0.4 is 0 Å². The summed E-state index contributed by atoms with van der Waals surface area (Å²) in [6.45, 7) is 4.22. The van der Waals surface area contributed by atoms with Crippen molar-refractivity contribution in [2.45, 2.75) is 19.9 Å². The molecule has 0 radical (unpaired) electrons. The summed E-state index contributed by atoms with van der Waals surface area (Å²) in [4.78, 5) is 0. The minimum Gasteiger partial charge on any atom is -0.377 e. The van der Waals surface area contributed by atoms with E-state index in [-0.39, 0.29) is 0 Å². The minimum absolute atomic E-state index is 0.712. The summed E-state index contributed by atoms with van der Waals surface area (Å²) in [6, 6.07) is 6.97. The van der Waals surface area contributed by atoms with Gasteiger partial charge in [-0.25, -0.2) is 0 Å². The van der Waals surface area contributed by atoms with Crippen LogP contribution in [0, 0.1) is 13.8 Å². The molecule has 1 aromatic carbocycles. The van der Waals surface area contributed by atoms with Gasteiger partial charge in [0.1, 0.15) is 0 Å². The number of hydrogen-bond donors (Lipinski definition) is 0. The zero-order chi connectivity index (χ0) is 12.2. The van der Waals surface area contributed by atoms with Gasteiger partial charge in [-0.3, -0.25) is 0 Å². The van der Waals surface area contributed by atoms with E-state index in [0.717, 1.165) is 0 Å². The van der Waals surface area contributed by atoms with Crippen molar-refractivity contribution in [3.8, 4) is 0 Å². The molecule has 0 saturated carbocycles. The topological polar surface area (TPSA) is 27.7 Å². The Labute approximate surface area is 98.7 Å². The van der Waals surface area contributed by atoms with Crippen molar-refractivity contribution < 1.29 is 13.3 Å². The largest absolute Gasteiger partial charge is 0.504 e. The average Bonchev–Trinajstić information content (AvgIpc) is 2.32. The van der Waals surface area contributed by atoms with Crippen molar-refractivity contribution in [1.82, 2.24) is 0 Å². The molecule has 0 atom stereocenters. The molecule has 1 rings (SSSR count). The standard InChI is InChI=1S/C12H20O3Si/c1-10-7-6-8-12(11(10)2)9-16(13-3,14-4)15-5/h6-8H,9H2,1-5H3. The van der Waals surface area contributed by atoms with Crippen molar-refractivity contribution in [3.05, 3.63) is 34.9 Å². The van der Waals surface area contributed by atoms with E-state index in [0.29, 0.717) is 6.04 Å². The van der Waals surface area contributed by atoms with E-state index < -0.39 is 8.80 Å². The van der Waals surface area contributed by atoms with Gasteiger partial charge in [-0.15, -0.1) is 0 Å². The first-order valence-corrected chi connectivity index (χ1v) is 7.22. The molecule has 4 heteroatoms. The van der Waals surface area contributed by atoms with Crippen LogP contribution in [0.3, 0.4) is 0 Å². The fourth-order valence-electron chi connectivity index (χ4n) is 1.70. The lowest BCUT2D eigenvalue weighted by molar-refractivity contribution is 0.122. The maximum Gasteiger partial charge on any atom is 0.504 e. The van der Waals surface area contributed by atoms with Gasteiger partial charge >= 0.3 is 8.80 Å². The first kappa shape index (κ1) is 13.4. The fourth-order valence-corrected chi connectivity index (χ4v) is 3.49. The van der Waals surface area contributed by atoms with Crippen molar-refractivity contribution in [2.75, 3.05) is 21.3 Å². The second-order valence-corrected chi connectivity index (χ2v) is 6.78. The predicted octanol–water partition coefficient (Wildman–Crippen LogP) is 2.26. The van der Waals surface area contributed by atoms with Crippen LogP contribution in [-0.2, 0) is 19.3 Å². The molecule has 90 valence electrons. The smallest absolute Gasteiger partial charge is 0.377 e.